The molecule has 1 aliphatic rings. The Morgan fingerprint density at radius 1 is 1.20 bits per heavy atom. The van der Waals surface area contributed by atoms with Gasteiger partial charge in [-0.2, -0.15) is 5.10 Å². The van der Waals surface area contributed by atoms with Crippen LogP contribution < -0.4 is 10.7 Å². The Balaban J connectivity index is 1.96. The summed E-state index contributed by atoms with van der Waals surface area (Å²) in [4.78, 5) is 11.5. The molecule has 5 nitrogen and oxygen atoms in total. The highest BCUT2D eigenvalue weighted by Gasteiger charge is 2.16. The van der Waals surface area contributed by atoms with E-state index in [9.17, 15) is 4.79 Å². The standard InChI is InChI=1S/C15H20N4O/c1-11-7-15(20)8-12(2)19(11)14-9-17-18(10-14)13-3-5-16-6-4-13/h7-10,13,16H,3-6H2,1-2H3. The number of aromatic nitrogens is 3. The molecule has 3 rings (SSSR count). The fourth-order valence-electron chi connectivity index (χ4n) is 2.98. The van der Waals surface area contributed by atoms with Gasteiger partial charge in [-0.15, -0.1) is 0 Å². The van der Waals surface area contributed by atoms with Gasteiger partial charge in [0.25, 0.3) is 0 Å². The van der Waals surface area contributed by atoms with E-state index in [0.29, 0.717) is 6.04 Å². The molecule has 2 aromatic heterocycles. The van der Waals surface area contributed by atoms with Crippen molar-refractivity contribution in [3.63, 3.8) is 0 Å². The van der Waals surface area contributed by atoms with Crippen molar-refractivity contribution in [3.8, 4) is 5.69 Å². The van der Waals surface area contributed by atoms with Crippen molar-refractivity contribution in [2.75, 3.05) is 13.1 Å². The van der Waals surface area contributed by atoms with E-state index in [1.54, 1.807) is 12.1 Å². The summed E-state index contributed by atoms with van der Waals surface area (Å²) in [5, 5.41) is 7.88. The second kappa shape index (κ2) is 5.25. The summed E-state index contributed by atoms with van der Waals surface area (Å²) in [5.41, 5.74) is 2.97. The Bertz CT molecular complexity index is 639. The number of hydrogen-bond acceptors (Lipinski definition) is 3. The molecule has 0 spiro atoms. The zero-order valence-electron chi connectivity index (χ0n) is 12.0. The highest BCUT2D eigenvalue weighted by Crippen LogP contribution is 2.20. The lowest BCUT2D eigenvalue weighted by Crippen LogP contribution is -2.29. The summed E-state index contributed by atoms with van der Waals surface area (Å²) in [6.07, 6.45) is 6.19. The van der Waals surface area contributed by atoms with Crippen LogP contribution in [0, 0.1) is 13.8 Å². The van der Waals surface area contributed by atoms with Crippen LogP contribution in [0.4, 0.5) is 0 Å². The molecule has 0 radical (unpaired) electrons. The zero-order valence-corrected chi connectivity index (χ0v) is 12.0. The van der Waals surface area contributed by atoms with Crippen LogP contribution in [0.2, 0.25) is 0 Å². The van der Waals surface area contributed by atoms with Gasteiger partial charge < -0.3 is 9.88 Å². The molecule has 1 saturated heterocycles. The third-order valence-corrected chi connectivity index (χ3v) is 3.94. The first kappa shape index (κ1) is 13.1. The molecule has 0 unspecified atom stereocenters. The Morgan fingerprint density at radius 2 is 1.85 bits per heavy atom. The van der Waals surface area contributed by atoms with Crippen molar-refractivity contribution in [1.29, 1.82) is 0 Å². The molecule has 20 heavy (non-hydrogen) atoms. The fraction of sp³-hybridized carbons (Fsp3) is 0.467. The summed E-state index contributed by atoms with van der Waals surface area (Å²) >= 11 is 0. The minimum Gasteiger partial charge on any atom is -0.317 e. The van der Waals surface area contributed by atoms with Crippen LogP contribution in [0.25, 0.3) is 5.69 Å². The molecular formula is C15H20N4O. The summed E-state index contributed by atoms with van der Waals surface area (Å²) in [5.74, 6) is 0. The van der Waals surface area contributed by atoms with Crippen LogP contribution >= 0.6 is 0 Å². The van der Waals surface area contributed by atoms with E-state index in [2.05, 4.69) is 25.9 Å². The van der Waals surface area contributed by atoms with Gasteiger partial charge in [0.1, 0.15) is 0 Å². The molecule has 0 amide bonds. The smallest absolute Gasteiger partial charge is 0.182 e. The van der Waals surface area contributed by atoms with Crippen LogP contribution in [0.5, 0.6) is 0 Å². The highest BCUT2D eigenvalue weighted by atomic mass is 16.1. The Labute approximate surface area is 118 Å². The van der Waals surface area contributed by atoms with E-state index in [4.69, 9.17) is 0 Å². The molecule has 0 bridgehead atoms. The van der Waals surface area contributed by atoms with Gasteiger partial charge in [0, 0.05) is 29.7 Å². The second-order valence-corrected chi connectivity index (χ2v) is 5.47. The molecule has 106 valence electrons. The number of nitrogens with zero attached hydrogens (tertiary/aromatic N) is 3. The van der Waals surface area contributed by atoms with Gasteiger partial charge in [-0.3, -0.25) is 9.48 Å². The monoisotopic (exact) mass is 272 g/mol. The van der Waals surface area contributed by atoms with Gasteiger partial charge in [0.15, 0.2) is 5.43 Å². The largest absolute Gasteiger partial charge is 0.317 e. The number of nitrogens with one attached hydrogen (secondary N) is 1. The lowest BCUT2D eigenvalue weighted by atomic mass is 10.1. The summed E-state index contributed by atoms with van der Waals surface area (Å²) in [6.45, 7) is 6.01. The zero-order chi connectivity index (χ0) is 14.1. The van der Waals surface area contributed by atoms with E-state index < -0.39 is 0 Å². The maximum atomic E-state index is 11.5. The summed E-state index contributed by atoms with van der Waals surface area (Å²) < 4.78 is 4.14. The second-order valence-electron chi connectivity index (χ2n) is 5.47. The molecule has 5 heteroatoms. The third kappa shape index (κ3) is 2.41. The first-order valence-corrected chi connectivity index (χ1v) is 7.11. The molecule has 1 fully saturated rings. The topological polar surface area (TPSA) is 51.9 Å². The van der Waals surface area contributed by atoms with Gasteiger partial charge in [0.05, 0.1) is 17.9 Å². The summed E-state index contributed by atoms with van der Waals surface area (Å²) in [7, 11) is 0. The van der Waals surface area contributed by atoms with E-state index >= 15 is 0 Å². The van der Waals surface area contributed by atoms with Gasteiger partial charge in [-0.1, -0.05) is 0 Å². The number of rotatable bonds is 2. The molecule has 0 aliphatic carbocycles. The van der Waals surface area contributed by atoms with Crippen LogP contribution in [0.3, 0.4) is 0 Å². The van der Waals surface area contributed by atoms with E-state index in [1.165, 1.54) is 0 Å². The minimum absolute atomic E-state index is 0.0574. The molecule has 0 atom stereocenters. The van der Waals surface area contributed by atoms with Gasteiger partial charge in [-0.25, -0.2) is 0 Å². The molecule has 1 N–H and O–H groups in total. The van der Waals surface area contributed by atoms with E-state index in [0.717, 1.165) is 43.0 Å². The molecule has 3 heterocycles. The SMILES string of the molecule is Cc1cc(=O)cc(C)n1-c1cnn(C2CCNCC2)c1. The highest BCUT2D eigenvalue weighted by molar-refractivity contribution is 5.32. The van der Waals surface area contributed by atoms with Crippen LogP contribution in [0.1, 0.15) is 30.3 Å². The van der Waals surface area contributed by atoms with Crippen molar-refractivity contribution in [1.82, 2.24) is 19.7 Å². The minimum atomic E-state index is 0.0574. The predicted octanol–water partition coefficient (Wildman–Crippen LogP) is 1.58. The molecule has 0 aromatic carbocycles. The van der Waals surface area contributed by atoms with Gasteiger partial charge in [-0.05, 0) is 39.8 Å². The molecule has 2 aromatic rings. The normalized spacial score (nSPS) is 16.5. The lowest BCUT2D eigenvalue weighted by molar-refractivity contribution is 0.343. The molecule has 1 aliphatic heterocycles. The number of hydrogen-bond donors (Lipinski definition) is 1. The fourth-order valence-corrected chi connectivity index (χ4v) is 2.98. The average Bonchev–Trinajstić information content (AvgIpc) is 2.88. The summed E-state index contributed by atoms with van der Waals surface area (Å²) in [6, 6.07) is 3.80. The average molecular weight is 272 g/mol. The first-order chi connectivity index (χ1) is 9.65. The maximum absolute atomic E-state index is 11.5. The van der Waals surface area contributed by atoms with Gasteiger partial charge in [0.2, 0.25) is 0 Å². The quantitative estimate of drug-likeness (QED) is 0.903. The van der Waals surface area contributed by atoms with Gasteiger partial charge >= 0.3 is 0 Å². The third-order valence-electron chi connectivity index (χ3n) is 3.94. The van der Waals surface area contributed by atoms with Crippen molar-refractivity contribution in [2.24, 2.45) is 0 Å². The van der Waals surface area contributed by atoms with E-state index in [1.807, 2.05) is 20.0 Å². The Morgan fingerprint density at radius 3 is 2.50 bits per heavy atom. The predicted molar refractivity (Wildman–Crippen MR) is 78.4 cm³/mol. The van der Waals surface area contributed by atoms with Crippen molar-refractivity contribution in [2.45, 2.75) is 32.7 Å². The molecule has 0 saturated carbocycles. The molecular weight excluding hydrogens is 252 g/mol. The van der Waals surface area contributed by atoms with E-state index in [-0.39, 0.29) is 5.43 Å². The van der Waals surface area contributed by atoms with Crippen LogP contribution in [-0.2, 0) is 0 Å². The van der Waals surface area contributed by atoms with Crippen molar-refractivity contribution in [3.05, 3.63) is 46.1 Å². The van der Waals surface area contributed by atoms with Crippen molar-refractivity contribution >= 4 is 0 Å². The van der Waals surface area contributed by atoms with Crippen molar-refractivity contribution < 1.29 is 0 Å². The van der Waals surface area contributed by atoms with Crippen LogP contribution in [-0.4, -0.2) is 27.4 Å². The van der Waals surface area contributed by atoms with Crippen LogP contribution in [0.15, 0.2) is 29.3 Å². The maximum Gasteiger partial charge on any atom is 0.182 e. The Hall–Kier alpha value is -1.88. The first-order valence-electron chi connectivity index (χ1n) is 7.11. The lowest BCUT2D eigenvalue weighted by Gasteiger charge is -2.22. The number of pyridine rings is 1. The number of aryl methyl sites for hydroxylation is 2. The number of piperidine rings is 1. The Kier molecular flexibility index (Phi) is 3.44.